The van der Waals surface area contributed by atoms with Gasteiger partial charge >= 0.3 is 0 Å². The van der Waals surface area contributed by atoms with Crippen molar-refractivity contribution in [2.75, 3.05) is 19.6 Å². The molecule has 168 valence electrons. The third kappa shape index (κ3) is 4.87. The van der Waals surface area contributed by atoms with Gasteiger partial charge in [-0.25, -0.2) is 0 Å². The van der Waals surface area contributed by atoms with Gasteiger partial charge in [0.05, 0.1) is 0 Å². The van der Waals surface area contributed by atoms with Gasteiger partial charge in [0.15, 0.2) is 5.78 Å². The van der Waals surface area contributed by atoms with Crippen LogP contribution in [0.4, 0.5) is 0 Å². The zero-order chi connectivity index (χ0) is 22.6. The molecule has 1 fully saturated rings. The molecule has 33 heavy (non-hydrogen) atoms. The minimum absolute atomic E-state index is 0.0337. The van der Waals surface area contributed by atoms with Crippen LogP contribution in [0.15, 0.2) is 72.8 Å². The molecule has 0 spiro atoms. The summed E-state index contributed by atoms with van der Waals surface area (Å²) in [7, 11) is 0. The summed E-state index contributed by atoms with van der Waals surface area (Å²) in [6.45, 7) is 3.73. The smallest absolute Gasteiger partial charge is 0.195 e. The van der Waals surface area contributed by atoms with Crippen molar-refractivity contribution in [3.05, 3.63) is 89.5 Å². The minimum Gasteiger partial charge on any atom is -0.508 e. The van der Waals surface area contributed by atoms with Crippen molar-refractivity contribution in [1.29, 1.82) is 0 Å². The third-order valence-corrected chi connectivity index (χ3v) is 7.74. The molecule has 4 aromatic rings. The molecule has 1 saturated heterocycles. The molecule has 0 saturated carbocycles. The lowest BCUT2D eigenvalue weighted by Crippen LogP contribution is -2.20. The molecule has 1 aliphatic heterocycles. The van der Waals surface area contributed by atoms with Crippen LogP contribution in [0.2, 0.25) is 0 Å². The quantitative estimate of drug-likeness (QED) is 0.231. The van der Waals surface area contributed by atoms with E-state index in [2.05, 4.69) is 17.0 Å². The normalized spacial score (nSPS) is 14.2. The fourth-order valence-electron chi connectivity index (χ4n) is 4.74. The van der Waals surface area contributed by atoms with Crippen molar-refractivity contribution in [3.8, 4) is 16.2 Å². The van der Waals surface area contributed by atoms with Crippen LogP contribution >= 0.6 is 11.3 Å². The number of hydrogen-bond donors (Lipinski definition) is 1. The molecule has 2 heterocycles. The SMILES string of the molecule is O=C(c1ccc(CCCCN2CCCC2)cc1)c1c(-c2ccccc2)sc2cc(O)ccc12. The lowest BCUT2D eigenvalue weighted by Gasteiger charge is -2.13. The van der Waals surface area contributed by atoms with Crippen molar-refractivity contribution in [1.82, 2.24) is 4.90 Å². The van der Waals surface area contributed by atoms with Crippen LogP contribution in [0.1, 0.15) is 47.2 Å². The van der Waals surface area contributed by atoms with Gasteiger partial charge in [0.2, 0.25) is 0 Å². The highest BCUT2D eigenvalue weighted by Gasteiger charge is 2.21. The number of benzene rings is 3. The molecule has 0 bridgehead atoms. The second-order valence-corrected chi connectivity index (χ2v) is 9.94. The van der Waals surface area contributed by atoms with E-state index in [-0.39, 0.29) is 11.5 Å². The number of phenolic OH excluding ortho intramolecular Hbond substituents is 1. The number of aromatic hydroxyl groups is 1. The van der Waals surface area contributed by atoms with Crippen LogP contribution in [0.5, 0.6) is 5.75 Å². The van der Waals surface area contributed by atoms with Gasteiger partial charge < -0.3 is 10.0 Å². The molecule has 1 N–H and O–H groups in total. The van der Waals surface area contributed by atoms with E-state index in [1.807, 2.05) is 48.5 Å². The topological polar surface area (TPSA) is 40.5 Å². The lowest BCUT2D eigenvalue weighted by atomic mass is 9.96. The maximum atomic E-state index is 13.7. The Bertz CT molecular complexity index is 1240. The van der Waals surface area contributed by atoms with Crippen molar-refractivity contribution in [3.63, 3.8) is 0 Å². The summed E-state index contributed by atoms with van der Waals surface area (Å²) >= 11 is 1.56. The van der Waals surface area contributed by atoms with Gasteiger partial charge in [0, 0.05) is 26.1 Å². The van der Waals surface area contributed by atoms with Crippen molar-refractivity contribution in [2.24, 2.45) is 0 Å². The van der Waals surface area contributed by atoms with Gasteiger partial charge in [-0.2, -0.15) is 0 Å². The van der Waals surface area contributed by atoms with E-state index < -0.39 is 0 Å². The number of thiophene rings is 1. The molecule has 3 nitrogen and oxygen atoms in total. The van der Waals surface area contributed by atoms with Crippen molar-refractivity contribution >= 4 is 27.2 Å². The van der Waals surface area contributed by atoms with Gasteiger partial charge in [-0.05, 0) is 81.1 Å². The molecule has 0 aliphatic carbocycles. The Hall–Kier alpha value is -2.95. The Morgan fingerprint density at radius 2 is 1.67 bits per heavy atom. The number of hydrogen-bond acceptors (Lipinski definition) is 4. The van der Waals surface area contributed by atoms with Crippen molar-refractivity contribution in [2.45, 2.75) is 32.1 Å². The number of fused-ring (bicyclic) bond motifs is 1. The van der Waals surface area contributed by atoms with Crippen molar-refractivity contribution < 1.29 is 9.90 Å². The summed E-state index contributed by atoms with van der Waals surface area (Å²) in [6.07, 6.45) is 6.16. The van der Waals surface area contributed by atoms with Gasteiger partial charge in [0.1, 0.15) is 5.75 Å². The lowest BCUT2D eigenvalue weighted by molar-refractivity contribution is 0.104. The van der Waals surface area contributed by atoms with E-state index in [0.717, 1.165) is 32.5 Å². The summed E-state index contributed by atoms with van der Waals surface area (Å²) in [4.78, 5) is 17.2. The standard InChI is InChI=1S/C29H29NO2S/c31-24-15-16-25-26(20-24)33-29(23-9-2-1-3-10-23)27(25)28(32)22-13-11-21(12-14-22)8-4-5-17-30-18-6-7-19-30/h1-3,9-16,20,31H,4-8,17-19H2. The van der Waals surface area contributed by atoms with Crippen LogP contribution < -0.4 is 0 Å². The Morgan fingerprint density at radius 1 is 0.909 bits per heavy atom. The number of unbranched alkanes of at least 4 members (excludes halogenated alkanes) is 1. The maximum Gasteiger partial charge on any atom is 0.195 e. The highest BCUT2D eigenvalue weighted by Crippen LogP contribution is 2.41. The molecule has 0 atom stereocenters. The van der Waals surface area contributed by atoms with E-state index in [9.17, 15) is 9.90 Å². The van der Waals surface area contributed by atoms with E-state index in [1.165, 1.54) is 50.9 Å². The first kappa shape index (κ1) is 21.9. The third-order valence-electron chi connectivity index (χ3n) is 6.54. The van der Waals surface area contributed by atoms with Crippen LogP contribution in [0.3, 0.4) is 0 Å². The molecular formula is C29H29NO2S. The largest absolute Gasteiger partial charge is 0.508 e. The van der Waals surface area contributed by atoms with E-state index in [1.54, 1.807) is 23.5 Å². The summed E-state index contributed by atoms with van der Waals surface area (Å²) in [5, 5.41) is 10.9. The number of carbonyl (C=O) groups is 1. The Morgan fingerprint density at radius 3 is 2.42 bits per heavy atom. The molecular weight excluding hydrogens is 426 g/mol. The molecule has 0 amide bonds. The highest BCUT2D eigenvalue weighted by molar-refractivity contribution is 7.22. The number of phenols is 1. The minimum atomic E-state index is 0.0337. The first-order valence-corrected chi connectivity index (χ1v) is 12.7. The van der Waals surface area contributed by atoms with Gasteiger partial charge in [-0.1, -0.05) is 54.6 Å². The Balaban J connectivity index is 1.36. The van der Waals surface area contributed by atoms with Crippen LogP contribution in [0, 0.1) is 0 Å². The molecule has 0 unspecified atom stereocenters. The average molecular weight is 456 g/mol. The van der Waals surface area contributed by atoms with E-state index in [0.29, 0.717) is 5.56 Å². The Kier molecular flexibility index (Phi) is 6.56. The first-order chi connectivity index (χ1) is 16.2. The van der Waals surface area contributed by atoms with Crippen LogP contribution in [-0.4, -0.2) is 35.4 Å². The summed E-state index contributed by atoms with van der Waals surface area (Å²) in [6, 6.07) is 23.4. The van der Waals surface area contributed by atoms with Gasteiger partial charge in [0.25, 0.3) is 0 Å². The molecule has 0 radical (unpaired) electrons. The fourth-order valence-corrected chi connectivity index (χ4v) is 5.98. The molecule has 3 aromatic carbocycles. The second kappa shape index (κ2) is 9.90. The molecule has 1 aromatic heterocycles. The Labute approximate surface area is 199 Å². The van der Waals surface area contributed by atoms with E-state index >= 15 is 0 Å². The molecule has 5 rings (SSSR count). The van der Waals surface area contributed by atoms with Crippen LogP contribution in [-0.2, 0) is 6.42 Å². The number of ketones is 1. The van der Waals surface area contributed by atoms with E-state index in [4.69, 9.17) is 0 Å². The van der Waals surface area contributed by atoms with Gasteiger partial charge in [-0.15, -0.1) is 11.3 Å². The average Bonchev–Trinajstić information content (AvgIpc) is 3.50. The summed E-state index contributed by atoms with van der Waals surface area (Å²) < 4.78 is 0.923. The second-order valence-electron chi connectivity index (χ2n) is 8.88. The summed E-state index contributed by atoms with van der Waals surface area (Å²) in [5.74, 6) is 0.253. The number of nitrogens with zero attached hydrogens (tertiary/aromatic N) is 1. The zero-order valence-electron chi connectivity index (χ0n) is 18.8. The van der Waals surface area contributed by atoms with Gasteiger partial charge in [-0.3, -0.25) is 4.79 Å². The highest BCUT2D eigenvalue weighted by atomic mass is 32.1. The molecule has 1 aliphatic rings. The maximum absolute atomic E-state index is 13.7. The van der Waals surface area contributed by atoms with Crippen LogP contribution in [0.25, 0.3) is 20.5 Å². The number of carbonyl (C=O) groups excluding carboxylic acids is 1. The first-order valence-electron chi connectivity index (χ1n) is 11.9. The predicted molar refractivity (Wildman–Crippen MR) is 137 cm³/mol. The number of likely N-dealkylation sites (tertiary alicyclic amines) is 1. The summed E-state index contributed by atoms with van der Waals surface area (Å²) in [5.41, 5.74) is 3.74. The number of rotatable bonds is 8. The number of aryl methyl sites for hydroxylation is 1. The monoisotopic (exact) mass is 455 g/mol. The zero-order valence-corrected chi connectivity index (χ0v) is 19.6. The predicted octanol–water partition coefficient (Wildman–Crippen LogP) is 6.92. The fraction of sp³-hybridized carbons (Fsp3) is 0.276. The molecule has 4 heteroatoms.